The van der Waals surface area contributed by atoms with Crippen LogP contribution in [-0.2, 0) is 0 Å². The van der Waals surface area contributed by atoms with Crippen molar-refractivity contribution in [3.8, 4) is 11.8 Å². The van der Waals surface area contributed by atoms with E-state index in [0.717, 1.165) is 26.1 Å². The maximum absolute atomic E-state index is 12.3. The van der Waals surface area contributed by atoms with Crippen LogP contribution in [-0.4, -0.2) is 66.1 Å². The summed E-state index contributed by atoms with van der Waals surface area (Å²) in [6, 6.07) is 3.43. The fourth-order valence-electron chi connectivity index (χ4n) is 2.58. The number of aliphatic hydroxyl groups excluding tert-OH is 1. The highest BCUT2D eigenvalue weighted by Gasteiger charge is 2.23. The van der Waals surface area contributed by atoms with Gasteiger partial charge in [-0.15, -0.1) is 0 Å². The Bertz CT molecular complexity index is 545. The van der Waals surface area contributed by atoms with Gasteiger partial charge in [0.25, 0.3) is 5.91 Å². The molecule has 0 aliphatic carbocycles. The lowest BCUT2D eigenvalue weighted by Crippen LogP contribution is -2.33. The number of likely N-dealkylation sites (tertiary alicyclic amines) is 1. The summed E-state index contributed by atoms with van der Waals surface area (Å²) in [5, 5.41) is 8.64. The molecule has 0 spiro atoms. The number of hydrogen-bond donors (Lipinski definition) is 1. The van der Waals surface area contributed by atoms with Crippen molar-refractivity contribution in [2.45, 2.75) is 6.42 Å². The lowest BCUT2D eigenvalue weighted by Gasteiger charge is -2.20. The molecule has 1 aromatic rings. The predicted octanol–water partition coefficient (Wildman–Crippen LogP) is 0.449. The van der Waals surface area contributed by atoms with Crippen LogP contribution in [0.15, 0.2) is 18.3 Å². The molecule has 0 radical (unpaired) electrons. The second kappa shape index (κ2) is 7.21. The van der Waals surface area contributed by atoms with Gasteiger partial charge in [-0.3, -0.25) is 4.79 Å². The SMILES string of the molecule is CN1CCC(CN(C)C(=O)c2ccc(C#CCO)cn2)C1. The summed E-state index contributed by atoms with van der Waals surface area (Å²) in [4.78, 5) is 20.5. The average molecular weight is 287 g/mol. The topological polar surface area (TPSA) is 56.7 Å². The number of carbonyl (C=O) groups is 1. The zero-order valence-corrected chi connectivity index (χ0v) is 12.5. The summed E-state index contributed by atoms with van der Waals surface area (Å²) in [7, 11) is 3.93. The zero-order chi connectivity index (χ0) is 15.2. The molecule has 1 aliphatic rings. The Morgan fingerprint density at radius 1 is 1.57 bits per heavy atom. The molecule has 1 aliphatic heterocycles. The van der Waals surface area contributed by atoms with Gasteiger partial charge in [-0.25, -0.2) is 4.98 Å². The van der Waals surface area contributed by atoms with Crippen LogP contribution >= 0.6 is 0 Å². The third-order valence-electron chi connectivity index (χ3n) is 3.66. The highest BCUT2D eigenvalue weighted by atomic mass is 16.2. The quantitative estimate of drug-likeness (QED) is 0.820. The van der Waals surface area contributed by atoms with Gasteiger partial charge in [0, 0.05) is 31.9 Å². The Morgan fingerprint density at radius 3 is 2.95 bits per heavy atom. The van der Waals surface area contributed by atoms with Gasteiger partial charge >= 0.3 is 0 Å². The first-order valence-electron chi connectivity index (χ1n) is 7.10. The Kier molecular flexibility index (Phi) is 5.32. The first-order chi connectivity index (χ1) is 10.1. The third kappa shape index (κ3) is 4.28. The number of hydrogen-bond acceptors (Lipinski definition) is 4. The van der Waals surface area contributed by atoms with Gasteiger partial charge in [0.05, 0.1) is 0 Å². The van der Waals surface area contributed by atoms with Crippen LogP contribution in [0, 0.1) is 17.8 Å². The molecular formula is C16H21N3O2. The highest BCUT2D eigenvalue weighted by molar-refractivity contribution is 5.92. The van der Waals surface area contributed by atoms with Gasteiger partial charge in [-0.1, -0.05) is 11.8 Å². The van der Waals surface area contributed by atoms with Crippen LogP contribution in [0.2, 0.25) is 0 Å². The number of pyridine rings is 1. The fraction of sp³-hybridized carbons (Fsp3) is 0.500. The summed E-state index contributed by atoms with van der Waals surface area (Å²) in [6.45, 7) is 2.72. The molecule has 1 amide bonds. The van der Waals surface area contributed by atoms with Gasteiger partial charge in [0.1, 0.15) is 12.3 Å². The van der Waals surface area contributed by atoms with Gasteiger partial charge in [-0.05, 0) is 38.1 Å². The van der Waals surface area contributed by atoms with E-state index in [0.29, 0.717) is 17.2 Å². The van der Waals surface area contributed by atoms with Gasteiger partial charge < -0.3 is 14.9 Å². The lowest BCUT2D eigenvalue weighted by atomic mass is 10.1. The number of nitrogens with zero attached hydrogens (tertiary/aromatic N) is 3. The molecule has 1 N–H and O–H groups in total. The molecular weight excluding hydrogens is 266 g/mol. The van der Waals surface area contributed by atoms with Crippen molar-refractivity contribution >= 4 is 5.91 Å². The Labute approximate surface area is 125 Å². The maximum atomic E-state index is 12.3. The number of rotatable bonds is 3. The van der Waals surface area contributed by atoms with Crippen molar-refractivity contribution in [2.75, 3.05) is 40.3 Å². The van der Waals surface area contributed by atoms with E-state index in [1.165, 1.54) is 0 Å². The first kappa shape index (κ1) is 15.5. The molecule has 1 fully saturated rings. The summed E-state index contributed by atoms with van der Waals surface area (Å²) < 4.78 is 0. The van der Waals surface area contributed by atoms with Crippen molar-refractivity contribution in [3.05, 3.63) is 29.6 Å². The minimum atomic E-state index is -0.181. The Morgan fingerprint density at radius 2 is 2.38 bits per heavy atom. The van der Waals surface area contributed by atoms with E-state index in [9.17, 15) is 4.79 Å². The van der Waals surface area contributed by atoms with Crippen LogP contribution in [0.3, 0.4) is 0 Å². The summed E-state index contributed by atoms with van der Waals surface area (Å²) in [5.74, 6) is 5.79. The van der Waals surface area contributed by atoms with E-state index in [2.05, 4.69) is 28.8 Å². The number of aliphatic hydroxyl groups is 1. The van der Waals surface area contributed by atoms with Crippen molar-refractivity contribution in [3.63, 3.8) is 0 Å². The predicted molar refractivity (Wildman–Crippen MR) is 80.8 cm³/mol. The second-order valence-corrected chi connectivity index (χ2v) is 5.49. The van der Waals surface area contributed by atoms with E-state index in [1.807, 2.05) is 7.05 Å². The summed E-state index contributed by atoms with van der Waals surface area (Å²) >= 11 is 0. The number of aromatic nitrogens is 1. The second-order valence-electron chi connectivity index (χ2n) is 5.49. The molecule has 112 valence electrons. The first-order valence-corrected chi connectivity index (χ1v) is 7.10. The van der Waals surface area contributed by atoms with Crippen LogP contribution in [0.5, 0.6) is 0 Å². The molecule has 1 saturated heterocycles. The molecule has 1 aromatic heterocycles. The lowest BCUT2D eigenvalue weighted by molar-refractivity contribution is 0.0768. The van der Waals surface area contributed by atoms with Crippen LogP contribution in [0.4, 0.5) is 0 Å². The average Bonchev–Trinajstić information content (AvgIpc) is 2.90. The standard InChI is InChI=1S/C16H21N3O2/c1-18-8-7-14(11-18)12-19(2)16(21)15-6-5-13(10-17-15)4-3-9-20/h5-6,10,14,20H,7-9,11-12H2,1-2H3. The summed E-state index contributed by atoms with van der Waals surface area (Å²) in [5.41, 5.74) is 1.12. The Hall–Kier alpha value is -1.90. The van der Waals surface area contributed by atoms with Crippen molar-refractivity contribution < 1.29 is 9.90 Å². The van der Waals surface area contributed by atoms with Gasteiger partial charge in [-0.2, -0.15) is 0 Å². The molecule has 0 saturated carbocycles. The van der Waals surface area contributed by atoms with E-state index in [4.69, 9.17) is 5.11 Å². The van der Waals surface area contributed by atoms with Crippen molar-refractivity contribution in [1.82, 2.24) is 14.8 Å². The van der Waals surface area contributed by atoms with E-state index in [1.54, 1.807) is 23.2 Å². The highest BCUT2D eigenvalue weighted by Crippen LogP contribution is 2.16. The number of carbonyl (C=O) groups excluding carboxylic acids is 1. The van der Waals surface area contributed by atoms with Gasteiger partial charge in [0.2, 0.25) is 0 Å². The van der Waals surface area contributed by atoms with Crippen LogP contribution < -0.4 is 0 Å². The number of amides is 1. The molecule has 21 heavy (non-hydrogen) atoms. The zero-order valence-electron chi connectivity index (χ0n) is 12.5. The molecule has 2 rings (SSSR count). The molecule has 0 aromatic carbocycles. The Balaban J connectivity index is 1.95. The van der Waals surface area contributed by atoms with E-state index in [-0.39, 0.29) is 12.5 Å². The minimum Gasteiger partial charge on any atom is -0.384 e. The van der Waals surface area contributed by atoms with Gasteiger partial charge in [0.15, 0.2) is 0 Å². The largest absolute Gasteiger partial charge is 0.384 e. The maximum Gasteiger partial charge on any atom is 0.272 e. The van der Waals surface area contributed by atoms with Crippen LogP contribution in [0.1, 0.15) is 22.5 Å². The van der Waals surface area contributed by atoms with Crippen molar-refractivity contribution in [2.24, 2.45) is 5.92 Å². The molecule has 1 atom stereocenters. The molecule has 2 heterocycles. The van der Waals surface area contributed by atoms with Crippen LogP contribution in [0.25, 0.3) is 0 Å². The molecule has 5 heteroatoms. The molecule has 0 bridgehead atoms. The minimum absolute atomic E-state index is 0.0637. The smallest absolute Gasteiger partial charge is 0.272 e. The normalized spacial score (nSPS) is 18.1. The van der Waals surface area contributed by atoms with E-state index >= 15 is 0 Å². The fourth-order valence-corrected chi connectivity index (χ4v) is 2.58. The summed E-state index contributed by atoms with van der Waals surface area (Å²) in [6.07, 6.45) is 2.70. The molecule has 5 nitrogen and oxygen atoms in total. The monoisotopic (exact) mass is 287 g/mol. The van der Waals surface area contributed by atoms with E-state index < -0.39 is 0 Å². The van der Waals surface area contributed by atoms with Crippen molar-refractivity contribution in [1.29, 1.82) is 0 Å². The molecule has 1 unspecified atom stereocenters. The third-order valence-corrected chi connectivity index (χ3v) is 3.66.